The van der Waals surface area contributed by atoms with Crippen molar-refractivity contribution in [1.82, 2.24) is 0 Å². The molecule has 0 aliphatic heterocycles. The van der Waals surface area contributed by atoms with E-state index in [9.17, 15) is 16.8 Å². The first kappa shape index (κ1) is 24.8. The fraction of sp³-hybridized carbons (Fsp3) is 0.667. The third-order valence-corrected chi connectivity index (χ3v) is 5.26. The van der Waals surface area contributed by atoms with Crippen molar-refractivity contribution in [2.45, 2.75) is 0 Å². The third-order valence-electron chi connectivity index (χ3n) is 1.18. The molecule has 0 aliphatic rings. The zero-order valence-corrected chi connectivity index (χ0v) is 13.3. The van der Waals surface area contributed by atoms with Gasteiger partial charge in [0.25, 0.3) is 0 Å². The molecule has 14 heteroatoms. The molecular formula is C6H16N2O8S4. The lowest BCUT2D eigenvalue weighted by Gasteiger charge is -1.92. The lowest BCUT2D eigenvalue weighted by Crippen LogP contribution is -1.96. The van der Waals surface area contributed by atoms with E-state index in [0.29, 0.717) is 21.6 Å². The van der Waals surface area contributed by atoms with Crippen LogP contribution in [0.2, 0.25) is 0 Å². The van der Waals surface area contributed by atoms with Gasteiger partial charge in [-0.15, -0.1) is 0 Å². The van der Waals surface area contributed by atoms with Crippen molar-refractivity contribution >= 4 is 52.3 Å². The molecule has 0 aromatic rings. The van der Waals surface area contributed by atoms with Gasteiger partial charge in [-0.1, -0.05) is 0 Å². The van der Waals surface area contributed by atoms with Crippen molar-refractivity contribution in [1.29, 1.82) is 0 Å². The lowest BCUT2D eigenvalue weighted by molar-refractivity contribution is 0.500. The van der Waals surface area contributed by atoms with Crippen LogP contribution in [0.4, 0.5) is 0 Å². The maximum atomic E-state index is 10.3. The Morgan fingerprint density at radius 1 is 0.800 bits per heavy atom. The van der Waals surface area contributed by atoms with E-state index in [1.54, 1.807) is 0 Å². The second kappa shape index (κ2) is 12.5. The van der Waals surface area contributed by atoms with Crippen LogP contribution in [0.25, 0.3) is 0 Å². The Hall–Kier alpha value is -0.220. The predicted octanol–water partition coefficient (Wildman–Crippen LogP) is -1.45. The Labute approximate surface area is 124 Å². The highest BCUT2D eigenvalue weighted by Gasteiger charge is 2.03. The second-order valence-electron chi connectivity index (χ2n) is 2.61. The van der Waals surface area contributed by atoms with Crippen LogP contribution in [0.5, 0.6) is 0 Å². The highest BCUT2D eigenvalue weighted by Crippen LogP contribution is 2.08. The SMILES string of the molecule is O.O.O=S(=O)(O)SCCN=CC=NCCSS(=O)(=O)O. The Morgan fingerprint density at radius 3 is 1.35 bits per heavy atom. The molecule has 0 radical (unpaired) electrons. The van der Waals surface area contributed by atoms with E-state index < -0.39 is 18.3 Å². The van der Waals surface area contributed by atoms with Gasteiger partial charge in [-0.25, -0.2) is 0 Å². The van der Waals surface area contributed by atoms with Gasteiger partial charge in [-0.2, -0.15) is 16.8 Å². The zero-order chi connectivity index (χ0) is 14.1. The molecule has 0 amide bonds. The molecule has 10 nitrogen and oxygen atoms in total. The highest BCUT2D eigenvalue weighted by atomic mass is 33.2. The Bertz CT molecular complexity index is 439. The quantitative estimate of drug-likeness (QED) is 0.212. The molecule has 0 atom stereocenters. The van der Waals surface area contributed by atoms with Gasteiger partial charge in [-0.3, -0.25) is 19.1 Å². The van der Waals surface area contributed by atoms with Crippen LogP contribution in [0, 0.1) is 0 Å². The van der Waals surface area contributed by atoms with E-state index in [-0.39, 0.29) is 35.5 Å². The van der Waals surface area contributed by atoms with E-state index in [1.165, 1.54) is 12.4 Å². The smallest absolute Gasteiger partial charge is 0.319 e. The first-order chi connectivity index (χ1) is 8.21. The van der Waals surface area contributed by atoms with Crippen molar-refractivity contribution in [2.75, 3.05) is 24.6 Å². The lowest BCUT2D eigenvalue weighted by atomic mass is 10.7. The largest absolute Gasteiger partial charge is 0.412 e. The Morgan fingerprint density at radius 2 is 1.10 bits per heavy atom. The minimum atomic E-state index is -4.02. The van der Waals surface area contributed by atoms with Crippen molar-refractivity contribution in [3.05, 3.63) is 0 Å². The van der Waals surface area contributed by atoms with Crippen molar-refractivity contribution in [3.63, 3.8) is 0 Å². The van der Waals surface area contributed by atoms with E-state index in [4.69, 9.17) is 9.11 Å². The third kappa shape index (κ3) is 22.9. The van der Waals surface area contributed by atoms with Crippen LogP contribution >= 0.6 is 21.6 Å². The molecule has 0 fully saturated rings. The minimum absolute atomic E-state index is 0. The summed E-state index contributed by atoms with van der Waals surface area (Å²) >= 11 is 0. The topological polar surface area (TPSA) is 196 Å². The molecule has 0 bridgehead atoms. The minimum Gasteiger partial charge on any atom is -0.412 e. The first-order valence-electron chi connectivity index (χ1n) is 4.42. The fourth-order valence-corrected chi connectivity index (χ4v) is 3.13. The summed E-state index contributed by atoms with van der Waals surface area (Å²) in [6.07, 6.45) is 2.67. The summed E-state index contributed by atoms with van der Waals surface area (Å²) < 4.78 is 57.9. The molecule has 0 saturated carbocycles. The number of aliphatic imine (C=N–C) groups is 2. The van der Waals surface area contributed by atoms with Gasteiger partial charge in [0, 0.05) is 37.0 Å². The van der Waals surface area contributed by atoms with Crippen LogP contribution in [0.3, 0.4) is 0 Å². The molecule has 0 heterocycles. The summed E-state index contributed by atoms with van der Waals surface area (Å²) in [5.41, 5.74) is 0. The van der Waals surface area contributed by atoms with Gasteiger partial charge < -0.3 is 11.0 Å². The summed E-state index contributed by atoms with van der Waals surface area (Å²) in [6, 6.07) is 0. The first-order valence-corrected chi connectivity index (χ1v) is 10.3. The van der Waals surface area contributed by atoms with E-state index in [1.807, 2.05) is 0 Å². The maximum absolute atomic E-state index is 10.3. The summed E-state index contributed by atoms with van der Waals surface area (Å²) in [5, 5.41) is 0. The van der Waals surface area contributed by atoms with Crippen molar-refractivity contribution in [2.24, 2.45) is 9.98 Å². The predicted molar refractivity (Wildman–Crippen MR) is 82.0 cm³/mol. The molecule has 6 N–H and O–H groups in total. The number of nitrogens with zero attached hydrogens (tertiary/aromatic N) is 2. The summed E-state index contributed by atoms with van der Waals surface area (Å²) in [4.78, 5) is 7.55. The number of hydrogen-bond donors (Lipinski definition) is 2. The van der Waals surface area contributed by atoms with Gasteiger partial charge in [0.05, 0.1) is 0 Å². The average Bonchev–Trinajstić information content (AvgIpc) is 2.17. The van der Waals surface area contributed by atoms with Crippen LogP contribution in [0.15, 0.2) is 9.98 Å². The molecule has 20 heavy (non-hydrogen) atoms. The van der Waals surface area contributed by atoms with E-state index >= 15 is 0 Å². The summed E-state index contributed by atoms with van der Waals surface area (Å²) in [6.45, 7) is 0.409. The molecule has 0 rings (SSSR count). The molecule has 0 saturated heterocycles. The van der Waals surface area contributed by atoms with E-state index in [0.717, 1.165) is 0 Å². The molecule has 0 unspecified atom stereocenters. The van der Waals surface area contributed by atoms with Crippen molar-refractivity contribution in [3.8, 4) is 0 Å². The van der Waals surface area contributed by atoms with Gasteiger partial charge in [-0.05, 0) is 21.6 Å². The highest BCUT2D eigenvalue weighted by molar-refractivity contribution is 8.70. The molecular weight excluding hydrogens is 356 g/mol. The summed E-state index contributed by atoms with van der Waals surface area (Å²) in [7, 11) is -7.27. The monoisotopic (exact) mass is 372 g/mol. The van der Waals surface area contributed by atoms with Crippen LogP contribution in [-0.4, -0.2) is 73.9 Å². The maximum Gasteiger partial charge on any atom is 0.319 e. The van der Waals surface area contributed by atoms with Crippen LogP contribution in [0.1, 0.15) is 0 Å². The van der Waals surface area contributed by atoms with Crippen molar-refractivity contribution < 1.29 is 36.9 Å². The van der Waals surface area contributed by atoms with Gasteiger partial charge in [0.1, 0.15) is 0 Å². The fourth-order valence-electron chi connectivity index (χ4n) is 0.634. The van der Waals surface area contributed by atoms with Gasteiger partial charge in [0.2, 0.25) is 0 Å². The summed E-state index contributed by atoms with van der Waals surface area (Å²) in [5.74, 6) is 0.254. The van der Waals surface area contributed by atoms with Gasteiger partial charge in [0.15, 0.2) is 0 Å². The molecule has 122 valence electrons. The molecule has 0 aliphatic carbocycles. The zero-order valence-electron chi connectivity index (χ0n) is 10.0. The molecule has 0 spiro atoms. The Balaban J connectivity index is -0.00000144. The normalized spacial score (nSPS) is 12.3. The molecule has 0 aromatic carbocycles. The number of rotatable bonds is 9. The molecule has 0 aromatic heterocycles. The standard InChI is InChI=1S/C6H12N2O6S4.2H2O/c9-17(10,11)15-5-3-7-1-2-8-4-6-16-18(12,13)14;;/h1-2H,3-6H2,(H,9,10,11)(H,12,13,14);2*1H2. The van der Waals surface area contributed by atoms with E-state index in [2.05, 4.69) is 9.98 Å². The second-order valence-corrected chi connectivity index (χ2v) is 9.55. The average molecular weight is 372 g/mol. The van der Waals surface area contributed by atoms with Crippen LogP contribution in [-0.2, 0) is 18.3 Å². The van der Waals surface area contributed by atoms with Gasteiger partial charge >= 0.3 is 18.3 Å². The van der Waals surface area contributed by atoms with Crippen LogP contribution < -0.4 is 0 Å². The Kier molecular flexibility index (Phi) is 15.5. The number of hydrogen-bond acceptors (Lipinski definition) is 8.